The highest BCUT2D eigenvalue weighted by Crippen LogP contribution is 2.41. The number of fused-ring (bicyclic) bond motifs is 1. The van der Waals surface area contributed by atoms with Crippen LogP contribution in [0, 0.1) is 17.0 Å². The van der Waals surface area contributed by atoms with E-state index < -0.39 is 0 Å². The summed E-state index contributed by atoms with van der Waals surface area (Å²) < 4.78 is 1.87. The third kappa shape index (κ3) is 3.95. The largest absolute Gasteiger partial charge is 0.508 e. The van der Waals surface area contributed by atoms with Gasteiger partial charge in [-0.15, -0.1) is 0 Å². The van der Waals surface area contributed by atoms with Crippen LogP contribution in [0.15, 0.2) is 42.6 Å². The summed E-state index contributed by atoms with van der Waals surface area (Å²) in [6, 6.07) is 11.0. The van der Waals surface area contributed by atoms with E-state index in [0.29, 0.717) is 28.7 Å². The fourth-order valence-electron chi connectivity index (χ4n) is 3.44. The van der Waals surface area contributed by atoms with Crippen LogP contribution in [-0.4, -0.2) is 52.6 Å². The van der Waals surface area contributed by atoms with Gasteiger partial charge in [-0.05, 0) is 51.4 Å². The van der Waals surface area contributed by atoms with Crippen LogP contribution in [0.25, 0.3) is 22.7 Å². The van der Waals surface area contributed by atoms with Crippen LogP contribution in [0.2, 0.25) is 0 Å². The van der Waals surface area contributed by atoms with Gasteiger partial charge >= 0.3 is 5.69 Å². The number of aromatic nitrogens is 1. The molecule has 2 aromatic carbocycles. The molecular weight excluding hydrogens is 368 g/mol. The van der Waals surface area contributed by atoms with Crippen LogP contribution in [0.4, 0.5) is 5.69 Å². The van der Waals surface area contributed by atoms with Crippen molar-refractivity contribution in [2.24, 2.45) is 0 Å². The number of phenolic OH excluding ortho intramolecular Hbond substituents is 1. The minimum Gasteiger partial charge on any atom is -0.508 e. The molecule has 7 nitrogen and oxygen atoms in total. The molecule has 0 aliphatic carbocycles. The van der Waals surface area contributed by atoms with E-state index in [9.17, 15) is 15.2 Å². The van der Waals surface area contributed by atoms with Crippen molar-refractivity contribution in [2.75, 3.05) is 28.2 Å². The van der Waals surface area contributed by atoms with Crippen molar-refractivity contribution >= 4 is 22.7 Å². The van der Waals surface area contributed by atoms with Crippen molar-refractivity contribution in [1.82, 2.24) is 14.4 Å². The van der Waals surface area contributed by atoms with Crippen molar-refractivity contribution in [3.8, 4) is 11.4 Å². The number of aryl methyl sites for hydroxylation is 1. The minimum atomic E-state index is -0.348. The van der Waals surface area contributed by atoms with Gasteiger partial charge in [-0.25, -0.2) is 0 Å². The number of hydrogen-bond donors (Lipinski definition) is 1. The molecule has 0 unspecified atom stereocenters. The second-order valence-electron chi connectivity index (χ2n) is 7.64. The number of phenols is 1. The molecule has 3 aromatic rings. The second kappa shape index (κ2) is 7.97. The molecule has 0 radical (unpaired) electrons. The highest BCUT2D eigenvalue weighted by atomic mass is 16.6. The Kier molecular flexibility index (Phi) is 5.61. The number of aromatic hydroxyl groups is 1. The van der Waals surface area contributed by atoms with Crippen molar-refractivity contribution in [2.45, 2.75) is 13.5 Å². The van der Waals surface area contributed by atoms with Crippen molar-refractivity contribution < 1.29 is 10.0 Å². The number of nitro groups is 1. The molecule has 0 aliphatic rings. The zero-order chi connectivity index (χ0) is 21.3. The molecular formula is C22H26N4O3. The molecule has 0 amide bonds. The molecule has 7 heteroatoms. The van der Waals surface area contributed by atoms with E-state index in [1.54, 1.807) is 18.3 Å². The summed E-state index contributed by atoms with van der Waals surface area (Å²) in [4.78, 5) is 15.5. The maximum absolute atomic E-state index is 12.1. The van der Waals surface area contributed by atoms with Gasteiger partial charge in [0, 0.05) is 38.1 Å². The van der Waals surface area contributed by atoms with Crippen LogP contribution >= 0.6 is 0 Å². The van der Waals surface area contributed by atoms with Crippen LogP contribution in [0.1, 0.15) is 16.8 Å². The third-order valence-electron chi connectivity index (χ3n) is 4.70. The number of nitrogens with zero attached hydrogens (tertiary/aromatic N) is 4. The van der Waals surface area contributed by atoms with Crippen LogP contribution in [-0.2, 0) is 6.54 Å². The summed E-state index contributed by atoms with van der Waals surface area (Å²) in [6.07, 6.45) is 3.53. The summed E-state index contributed by atoms with van der Waals surface area (Å²) >= 11 is 0. The van der Waals surface area contributed by atoms with E-state index in [1.807, 2.05) is 73.7 Å². The third-order valence-corrected chi connectivity index (χ3v) is 4.70. The molecule has 1 N–H and O–H groups in total. The Morgan fingerprint density at radius 3 is 2.31 bits per heavy atom. The topological polar surface area (TPSA) is 74.8 Å². The van der Waals surface area contributed by atoms with Gasteiger partial charge < -0.3 is 19.5 Å². The summed E-state index contributed by atoms with van der Waals surface area (Å²) in [5, 5.41) is 23.2. The number of hydrogen-bond acceptors (Lipinski definition) is 5. The number of benzene rings is 2. The second-order valence-corrected chi connectivity index (χ2v) is 7.64. The predicted molar refractivity (Wildman–Crippen MR) is 116 cm³/mol. The standard InChI is InChI=1S/C22H26N4O3/c1-15-6-8-16(9-7-15)25-19(12-13-23(2)3)22(26(28)29)17-10-11-20(27)18(21(17)25)14-24(4)5/h6-13,27H,14H2,1-5H3/b13-12-. The lowest BCUT2D eigenvalue weighted by Gasteiger charge is -2.16. The van der Waals surface area contributed by atoms with Crippen molar-refractivity contribution in [3.63, 3.8) is 0 Å². The van der Waals surface area contributed by atoms with Gasteiger partial charge in [-0.1, -0.05) is 17.7 Å². The van der Waals surface area contributed by atoms with Gasteiger partial charge in [0.2, 0.25) is 0 Å². The average Bonchev–Trinajstić information content (AvgIpc) is 2.97. The monoisotopic (exact) mass is 394 g/mol. The summed E-state index contributed by atoms with van der Waals surface area (Å²) in [6.45, 7) is 2.45. The maximum Gasteiger partial charge on any atom is 0.302 e. The molecule has 0 saturated carbocycles. The molecule has 0 bridgehead atoms. The summed E-state index contributed by atoms with van der Waals surface area (Å²) in [7, 11) is 7.53. The number of rotatable bonds is 6. The smallest absolute Gasteiger partial charge is 0.302 e. The van der Waals surface area contributed by atoms with E-state index in [2.05, 4.69) is 0 Å². The molecule has 0 saturated heterocycles. The molecule has 1 heterocycles. The first-order valence-corrected chi connectivity index (χ1v) is 9.30. The average molecular weight is 394 g/mol. The molecule has 0 fully saturated rings. The van der Waals surface area contributed by atoms with Gasteiger partial charge in [0.05, 0.1) is 15.8 Å². The molecule has 0 spiro atoms. The fourth-order valence-corrected chi connectivity index (χ4v) is 3.44. The molecule has 152 valence electrons. The first-order chi connectivity index (χ1) is 13.7. The molecule has 29 heavy (non-hydrogen) atoms. The highest BCUT2D eigenvalue weighted by molar-refractivity contribution is 5.99. The van der Waals surface area contributed by atoms with Crippen LogP contribution < -0.4 is 0 Å². The molecule has 0 atom stereocenters. The zero-order valence-corrected chi connectivity index (χ0v) is 17.4. The SMILES string of the molecule is Cc1ccc(-n2c(/C=C\N(C)C)c([N+](=O)[O-])c3ccc(O)c(CN(C)C)c32)cc1. The maximum atomic E-state index is 12.1. The molecule has 0 aliphatic heterocycles. The van der Waals surface area contributed by atoms with Gasteiger partial charge in [-0.2, -0.15) is 0 Å². The van der Waals surface area contributed by atoms with E-state index in [4.69, 9.17) is 0 Å². The Balaban J connectivity index is 2.50. The highest BCUT2D eigenvalue weighted by Gasteiger charge is 2.28. The quantitative estimate of drug-likeness (QED) is 0.502. The van der Waals surface area contributed by atoms with E-state index in [-0.39, 0.29) is 16.4 Å². The Morgan fingerprint density at radius 1 is 1.10 bits per heavy atom. The lowest BCUT2D eigenvalue weighted by molar-refractivity contribution is -0.383. The zero-order valence-electron chi connectivity index (χ0n) is 17.4. The lowest BCUT2D eigenvalue weighted by Crippen LogP contribution is -2.12. The predicted octanol–water partition coefficient (Wildman–Crippen LogP) is 4.15. The van der Waals surface area contributed by atoms with Crippen molar-refractivity contribution in [3.05, 3.63) is 69.5 Å². The minimum absolute atomic E-state index is 0.0266. The summed E-state index contributed by atoms with van der Waals surface area (Å²) in [5.41, 5.74) is 3.69. The molecule has 1 aromatic heterocycles. The van der Waals surface area contributed by atoms with Crippen LogP contribution in [0.5, 0.6) is 5.75 Å². The summed E-state index contributed by atoms with van der Waals surface area (Å²) in [5.74, 6) is 0.120. The van der Waals surface area contributed by atoms with Gasteiger partial charge in [0.25, 0.3) is 0 Å². The van der Waals surface area contributed by atoms with Crippen molar-refractivity contribution in [1.29, 1.82) is 0 Å². The van der Waals surface area contributed by atoms with E-state index in [0.717, 1.165) is 11.3 Å². The Hall–Kier alpha value is -3.32. The van der Waals surface area contributed by atoms with Crippen LogP contribution in [0.3, 0.4) is 0 Å². The van der Waals surface area contributed by atoms with Gasteiger partial charge in [0.1, 0.15) is 11.4 Å². The van der Waals surface area contributed by atoms with E-state index in [1.165, 1.54) is 6.07 Å². The molecule has 3 rings (SSSR count). The first-order valence-electron chi connectivity index (χ1n) is 9.30. The Labute approximate surface area is 170 Å². The van der Waals surface area contributed by atoms with Gasteiger partial charge in [-0.3, -0.25) is 10.1 Å². The van der Waals surface area contributed by atoms with Gasteiger partial charge in [0.15, 0.2) is 0 Å². The van der Waals surface area contributed by atoms with E-state index >= 15 is 0 Å². The Bertz CT molecular complexity index is 1080. The Morgan fingerprint density at radius 2 is 1.76 bits per heavy atom. The fraction of sp³-hybridized carbons (Fsp3) is 0.273. The lowest BCUT2D eigenvalue weighted by atomic mass is 10.1. The normalized spacial score (nSPS) is 11.7. The first kappa shape index (κ1) is 20.4.